The van der Waals surface area contributed by atoms with E-state index in [9.17, 15) is 0 Å². The standard InChI is InChI=1S/C18H30N4/c1-3-21-11-13-22(14-12-21)17-8-6-16(7-9-17)19-15-18-5-4-10-20(18)2/h6-9,18-19H,3-5,10-15H2,1-2H3. The van der Waals surface area contributed by atoms with Gasteiger partial charge in [0.15, 0.2) is 0 Å². The summed E-state index contributed by atoms with van der Waals surface area (Å²) in [6.07, 6.45) is 2.66. The highest BCUT2D eigenvalue weighted by Gasteiger charge is 2.20. The highest BCUT2D eigenvalue weighted by molar-refractivity contribution is 5.55. The number of hydrogen-bond acceptors (Lipinski definition) is 4. The molecule has 2 aliphatic rings. The van der Waals surface area contributed by atoms with Gasteiger partial charge < -0.3 is 20.0 Å². The third-order valence-corrected chi connectivity index (χ3v) is 5.27. The minimum atomic E-state index is 0.696. The number of hydrogen-bond donors (Lipinski definition) is 1. The van der Waals surface area contributed by atoms with E-state index in [1.807, 2.05) is 0 Å². The fourth-order valence-corrected chi connectivity index (χ4v) is 3.59. The fraction of sp³-hybridized carbons (Fsp3) is 0.667. The van der Waals surface area contributed by atoms with Gasteiger partial charge in [-0.3, -0.25) is 0 Å². The van der Waals surface area contributed by atoms with E-state index >= 15 is 0 Å². The van der Waals surface area contributed by atoms with Crippen LogP contribution in [0.5, 0.6) is 0 Å². The van der Waals surface area contributed by atoms with Crippen LogP contribution in [0.3, 0.4) is 0 Å². The molecule has 2 saturated heterocycles. The highest BCUT2D eigenvalue weighted by Crippen LogP contribution is 2.20. The van der Waals surface area contributed by atoms with Gasteiger partial charge in [0.1, 0.15) is 0 Å². The molecule has 122 valence electrons. The zero-order valence-corrected chi connectivity index (χ0v) is 14.1. The van der Waals surface area contributed by atoms with Crippen molar-refractivity contribution in [3.05, 3.63) is 24.3 Å². The van der Waals surface area contributed by atoms with Gasteiger partial charge in [-0.2, -0.15) is 0 Å². The largest absolute Gasteiger partial charge is 0.383 e. The normalized spacial score (nSPS) is 23.9. The minimum Gasteiger partial charge on any atom is -0.383 e. The predicted molar refractivity (Wildman–Crippen MR) is 94.9 cm³/mol. The van der Waals surface area contributed by atoms with Crippen molar-refractivity contribution in [2.24, 2.45) is 0 Å². The average Bonchev–Trinajstić information content (AvgIpc) is 2.99. The van der Waals surface area contributed by atoms with E-state index in [0.29, 0.717) is 6.04 Å². The predicted octanol–water partition coefficient (Wildman–Crippen LogP) is 2.33. The summed E-state index contributed by atoms with van der Waals surface area (Å²) >= 11 is 0. The van der Waals surface area contributed by atoms with Gasteiger partial charge in [-0.25, -0.2) is 0 Å². The summed E-state index contributed by atoms with van der Waals surface area (Å²) in [6.45, 7) is 10.4. The molecule has 0 saturated carbocycles. The van der Waals surface area contributed by atoms with Crippen LogP contribution >= 0.6 is 0 Å². The van der Waals surface area contributed by atoms with Crippen LogP contribution in [0.25, 0.3) is 0 Å². The van der Waals surface area contributed by atoms with Gasteiger partial charge in [-0.05, 0) is 57.2 Å². The molecule has 3 rings (SSSR count). The molecule has 2 fully saturated rings. The van der Waals surface area contributed by atoms with Crippen LogP contribution < -0.4 is 10.2 Å². The molecular formula is C18H30N4. The lowest BCUT2D eigenvalue weighted by Gasteiger charge is -2.35. The third-order valence-electron chi connectivity index (χ3n) is 5.27. The molecule has 2 heterocycles. The number of benzene rings is 1. The lowest BCUT2D eigenvalue weighted by Crippen LogP contribution is -2.46. The van der Waals surface area contributed by atoms with E-state index in [1.54, 1.807) is 0 Å². The Labute approximate surface area is 135 Å². The maximum atomic E-state index is 3.59. The first-order chi connectivity index (χ1) is 10.8. The SMILES string of the molecule is CCN1CCN(c2ccc(NCC3CCCN3C)cc2)CC1. The Morgan fingerprint density at radius 2 is 1.77 bits per heavy atom. The van der Waals surface area contributed by atoms with E-state index in [4.69, 9.17) is 0 Å². The van der Waals surface area contributed by atoms with Crippen molar-refractivity contribution in [3.63, 3.8) is 0 Å². The van der Waals surface area contributed by atoms with E-state index in [2.05, 4.69) is 58.3 Å². The second kappa shape index (κ2) is 7.34. The lowest BCUT2D eigenvalue weighted by molar-refractivity contribution is 0.271. The van der Waals surface area contributed by atoms with Crippen molar-refractivity contribution >= 4 is 11.4 Å². The molecule has 1 aromatic carbocycles. The molecule has 0 aromatic heterocycles. The van der Waals surface area contributed by atoms with Crippen LogP contribution in [-0.4, -0.2) is 68.7 Å². The first-order valence-corrected chi connectivity index (χ1v) is 8.77. The molecule has 1 aromatic rings. The number of piperazine rings is 1. The van der Waals surface area contributed by atoms with Crippen molar-refractivity contribution in [1.29, 1.82) is 0 Å². The summed E-state index contributed by atoms with van der Waals surface area (Å²) < 4.78 is 0. The number of anilines is 2. The van der Waals surface area contributed by atoms with Crippen LogP contribution in [-0.2, 0) is 0 Å². The van der Waals surface area contributed by atoms with Gasteiger partial charge in [0.25, 0.3) is 0 Å². The Bertz CT molecular complexity index is 451. The fourth-order valence-electron chi connectivity index (χ4n) is 3.59. The van der Waals surface area contributed by atoms with E-state index < -0.39 is 0 Å². The second-order valence-corrected chi connectivity index (χ2v) is 6.63. The molecule has 4 heteroatoms. The minimum absolute atomic E-state index is 0.696. The van der Waals surface area contributed by atoms with E-state index in [0.717, 1.165) is 19.6 Å². The lowest BCUT2D eigenvalue weighted by atomic mass is 10.2. The Kier molecular flexibility index (Phi) is 5.21. The van der Waals surface area contributed by atoms with Gasteiger partial charge in [0.05, 0.1) is 0 Å². The first-order valence-electron chi connectivity index (χ1n) is 8.77. The molecule has 0 bridgehead atoms. The summed E-state index contributed by atoms with van der Waals surface area (Å²) in [5.41, 5.74) is 2.61. The average molecular weight is 302 g/mol. The van der Waals surface area contributed by atoms with Crippen molar-refractivity contribution in [1.82, 2.24) is 9.80 Å². The zero-order valence-electron chi connectivity index (χ0n) is 14.1. The van der Waals surface area contributed by atoms with Crippen LogP contribution in [0.4, 0.5) is 11.4 Å². The van der Waals surface area contributed by atoms with Crippen molar-refractivity contribution < 1.29 is 0 Å². The summed E-state index contributed by atoms with van der Waals surface area (Å²) in [6, 6.07) is 9.69. The van der Waals surface area contributed by atoms with Crippen molar-refractivity contribution in [3.8, 4) is 0 Å². The monoisotopic (exact) mass is 302 g/mol. The molecule has 1 unspecified atom stereocenters. The first kappa shape index (κ1) is 15.6. The molecular weight excluding hydrogens is 272 g/mol. The molecule has 0 radical (unpaired) electrons. The van der Waals surface area contributed by atoms with Crippen molar-refractivity contribution in [2.45, 2.75) is 25.8 Å². The molecule has 0 spiro atoms. The maximum absolute atomic E-state index is 3.59. The van der Waals surface area contributed by atoms with Gasteiger partial charge in [-0.15, -0.1) is 0 Å². The smallest absolute Gasteiger partial charge is 0.0368 e. The van der Waals surface area contributed by atoms with Crippen LogP contribution in [0.15, 0.2) is 24.3 Å². The number of nitrogens with one attached hydrogen (secondary N) is 1. The van der Waals surface area contributed by atoms with Gasteiger partial charge in [-0.1, -0.05) is 6.92 Å². The Hall–Kier alpha value is -1.26. The summed E-state index contributed by atoms with van der Waals surface area (Å²) in [4.78, 5) is 7.49. The molecule has 22 heavy (non-hydrogen) atoms. The summed E-state index contributed by atoms with van der Waals surface area (Å²) in [5, 5.41) is 3.59. The Balaban J connectivity index is 1.50. The van der Waals surface area contributed by atoms with Crippen LogP contribution in [0, 0.1) is 0 Å². The van der Waals surface area contributed by atoms with Crippen molar-refractivity contribution in [2.75, 3.05) is 63.1 Å². The molecule has 0 aliphatic carbocycles. The zero-order chi connectivity index (χ0) is 15.4. The molecule has 0 amide bonds. The maximum Gasteiger partial charge on any atom is 0.0368 e. The van der Waals surface area contributed by atoms with E-state index in [1.165, 1.54) is 50.4 Å². The summed E-state index contributed by atoms with van der Waals surface area (Å²) in [7, 11) is 2.23. The summed E-state index contributed by atoms with van der Waals surface area (Å²) in [5.74, 6) is 0. The Morgan fingerprint density at radius 3 is 2.36 bits per heavy atom. The number of nitrogens with zero attached hydrogens (tertiary/aromatic N) is 3. The van der Waals surface area contributed by atoms with Gasteiger partial charge in [0.2, 0.25) is 0 Å². The number of rotatable bonds is 5. The second-order valence-electron chi connectivity index (χ2n) is 6.63. The van der Waals surface area contributed by atoms with E-state index in [-0.39, 0.29) is 0 Å². The topological polar surface area (TPSA) is 21.8 Å². The van der Waals surface area contributed by atoms with Crippen LogP contribution in [0.1, 0.15) is 19.8 Å². The van der Waals surface area contributed by atoms with Crippen LogP contribution in [0.2, 0.25) is 0 Å². The molecule has 1 atom stereocenters. The van der Waals surface area contributed by atoms with Gasteiger partial charge >= 0.3 is 0 Å². The number of likely N-dealkylation sites (N-methyl/N-ethyl adjacent to an activating group) is 2. The molecule has 4 nitrogen and oxygen atoms in total. The van der Waals surface area contributed by atoms with Gasteiger partial charge in [0, 0.05) is 50.1 Å². The molecule has 1 N–H and O–H groups in total. The molecule has 2 aliphatic heterocycles. The third kappa shape index (κ3) is 3.73. The quantitative estimate of drug-likeness (QED) is 0.901. The highest BCUT2D eigenvalue weighted by atomic mass is 15.3. The number of likely N-dealkylation sites (tertiary alicyclic amines) is 1. The Morgan fingerprint density at radius 1 is 1.05 bits per heavy atom.